The molecule has 0 radical (unpaired) electrons. The molecule has 0 saturated carbocycles. The van der Waals surface area contributed by atoms with Crippen LogP contribution in [0.5, 0.6) is 11.5 Å². The molecule has 36 heavy (non-hydrogen) atoms. The van der Waals surface area contributed by atoms with Gasteiger partial charge in [-0.25, -0.2) is 0 Å². The van der Waals surface area contributed by atoms with Crippen LogP contribution in [-0.4, -0.2) is 84.7 Å². The van der Waals surface area contributed by atoms with Gasteiger partial charge in [0.1, 0.15) is 6.54 Å². The molecule has 10 heteroatoms. The van der Waals surface area contributed by atoms with Crippen LogP contribution >= 0.6 is 0 Å². The lowest BCUT2D eigenvalue weighted by Crippen LogP contribution is -2.51. The van der Waals surface area contributed by atoms with Gasteiger partial charge in [0.25, 0.3) is 5.91 Å². The van der Waals surface area contributed by atoms with Gasteiger partial charge in [0.05, 0.1) is 13.7 Å². The second-order valence-corrected chi connectivity index (χ2v) is 8.52. The molecule has 10 nitrogen and oxygen atoms in total. The number of carbonyl (C=O) groups is 2. The van der Waals surface area contributed by atoms with Gasteiger partial charge in [0.2, 0.25) is 11.7 Å². The summed E-state index contributed by atoms with van der Waals surface area (Å²) in [6.07, 6.45) is 5.11. The van der Waals surface area contributed by atoms with Crippen LogP contribution in [0.15, 0.2) is 58.7 Å². The Morgan fingerprint density at radius 2 is 2.00 bits per heavy atom. The monoisotopic (exact) mass is 493 g/mol. The number of ether oxygens (including phenoxy) is 2. The van der Waals surface area contributed by atoms with Gasteiger partial charge >= 0.3 is 6.01 Å². The normalized spacial score (nSPS) is 16.3. The fourth-order valence-electron chi connectivity index (χ4n) is 4.25. The summed E-state index contributed by atoms with van der Waals surface area (Å²) in [7, 11) is 1.58. The van der Waals surface area contributed by atoms with E-state index in [1.807, 2.05) is 36.9 Å². The number of hydrogen-bond acceptors (Lipinski definition) is 8. The van der Waals surface area contributed by atoms with Gasteiger partial charge in [0, 0.05) is 43.9 Å². The molecule has 4 rings (SSSR count). The van der Waals surface area contributed by atoms with Crippen molar-refractivity contribution in [3.63, 3.8) is 0 Å². The Balaban J connectivity index is 1.33. The number of rotatable bonds is 9. The van der Waals surface area contributed by atoms with E-state index >= 15 is 0 Å². The third-order valence-corrected chi connectivity index (χ3v) is 6.17. The molecule has 0 aliphatic carbocycles. The lowest BCUT2D eigenvalue weighted by molar-refractivity contribution is -0.137. The molecule has 2 aliphatic rings. The molecule has 1 saturated heterocycles. The molecule has 2 aromatic rings. The van der Waals surface area contributed by atoms with Crippen molar-refractivity contribution >= 4 is 17.8 Å². The summed E-state index contributed by atoms with van der Waals surface area (Å²) in [6, 6.07) is 5.88. The van der Waals surface area contributed by atoms with E-state index in [-0.39, 0.29) is 18.4 Å². The first-order valence-corrected chi connectivity index (χ1v) is 11.9. The number of anilines is 1. The molecule has 1 aromatic heterocycles. The topological polar surface area (TPSA) is 101 Å². The average Bonchev–Trinajstić information content (AvgIpc) is 3.48. The number of nitrogens with zero attached hydrogens (tertiary/aromatic N) is 5. The van der Waals surface area contributed by atoms with Crippen LogP contribution in [0.4, 0.5) is 6.01 Å². The van der Waals surface area contributed by atoms with Crippen molar-refractivity contribution in [3.05, 3.63) is 54.2 Å². The highest BCUT2D eigenvalue weighted by molar-refractivity contribution is 6.01. The molecule has 0 atom stereocenters. The molecule has 0 unspecified atom stereocenters. The first-order chi connectivity index (χ1) is 17.4. The summed E-state index contributed by atoms with van der Waals surface area (Å²) in [6.45, 7) is 10.6. The number of aromatic nitrogens is 2. The molecule has 0 bridgehead atoms. The summed E-state index contributed by atoms with van der Waals surface area (Å²) in [5, 5.41) is 4.11. The molecule has 1 fully saturated rings. The molecule has 1 aromatic carbocycles. The van der Waals surface area contributed by atoms with E-state index in [1.165, 1.54) is 0 Å². The number of amides is 2. The molecule has 0 spiro atoms. The van der Waals surface area contributed by atoms with E-state index in [1.54, 1.807) is 35.1 Å². The SMILES string of the molecule is C=C/C=C\C1=C(C)CN(CC(=O)N2CCN(c3nc(-c4ccc(OCC)c(OC)c4)no3)CC2)C1=O. The summed E-state index contributed by atoms with van der Waals surface area (Å²) in [5.74, 6) is 1.50. The lowest BCUT2D eigenvalue weighted by atomic mass is 10.1. The minimum atomic E-state index is -0.123. The van der Waals surface area contributed by atoms with Crippen LogP contribution < -0.4 is 14.4 Å². The highest BCUT2D eigenvalue weighted by atomic mass is 16.5. The Hall–Kier alpha value is -4.08. The quantitative estimate of drug-likeness (QED) is 0.492. The van der Waals surface area contributed by atoms with Gasteiger partial charge < -0.3 is 28.7 Å². The van der Waals surface area contributed by atoms with Crippen LogP contribution in [0.1, 0.15) is 13.8 Å². The Morgan fingerprint density at radius 3 is 2.69 bits per heavy atom. The van der Waals surface area contributed by atoms with E-state index in [2.05, 4.69) is 16.7 Å². The van der Waals surface area contributed by atoms with Gasteiger partial charge in [-0.2, -0.15) is 4.98 Å². The maximum atomic E-state index is 12.9. The van der Waals surface area contributed by atoms with Crippen LogP contribution in [0.3, 0.4) is 0 Å². The predicted octanol–water partition coefficient (Wildman–Crippen LogP) is 2.69. The number of carbonyl (C=O) groups excluding carboxylic acids is 2. The molecule has 2 aliphatic heterocycles. The van der Waals surface area contributed by atoms with Crippen molar-refractivity contribution in [1.82, 2.24) is 19.9 Å². The molecule has 0 N–H and O–H groups in total. The zero-order valence-corrected chi connectivity index (χ0v) is 20.9. The van der Waals surface area contributed by atoms with Crippen molar-refractivity contribution < 1.29 is 23.6 Å². The Bertz CT molecular complexity index is 1190. The standard InChI is InChI=1S/C26H31N5O5/c1-5-7-8-20-18(3)16-31(25(20)33)17-23(32)29-11-13-30(14-12-29)26-27-24(28-36-26)19-9-10-21(35-6-2)22(15-19)34-4/h5,7-10,15H,1,6,11-14,16-17H2,2-4H3/b8-7-. The molecular formula is C26H31N5O5. The van der Waals surface area contributed by atoms with Crippen LogP contribution in [-0.2, 0) is 9.59 Å². The first kappa shape index (κ1) is 25.0. The van der Waals surface area contributed by atoms with Gasteiger partial charge in [0.15, 0.2) is 11.5 Å². The Labute approximate surface area is 210 Å². The summed E-state index contributed by atoms with van der Waals surface area (Å²) in [5.41, 5.74) is 2.33. The van der Waals surface area contributed by atoms with Crippen molar-refractivity contribution in [2.45, 2.75) is 13.8 Å². The van der Waals surface area contributed by atoms with Crippen LogP contribution in [0.25, 0.3) is 11.4 Å². The highest BCUT2D eigenvalue weighted by Gasteiger charge is 2.31. The van der Waals surface area contributed by atoms with E-state index in [9.17, 15) is 9.59 Å². The lowest BCUT2D eigenvalue weighted by Gasteiger charge is -2.34. The fraction of sp³-hybridized carbons (Fsp3) is 0.385. The first-order valence-electron chi connectivity index (χ1n) is 11.9. The van der Waals surface area contributed by atoms with Gasteiger partial charge in [-0.15, -0.1) is 0 Å². The average molecular weight is 494 g/mol. The number of piperazine rings is 1. The minimum Gasteiger partial charge on any atom is -0.493 e. The number of hydrogen-bond donors (Lipinski definition) is 0. The zero-order chi connectivity index (χ0) is 25.7. The fourth-order valence-corrected chi connectivity index (χ4v) is 4.25. The number of benzene rings is 1. The number of methoxy groups -OCH3 is 1. The van der Waals surface area contributed by atoms with Gasteiger partial charge in [-0.3, -0.25) is 9.59 Å². The van der Waals surface area contributed by atoms with E-state index in [0.29, 0.717) is 68.2 Å². The van der Waals surface area contributed by atoms with Crippen molar-refractivity contribution in [1.29, 1.82) is 0 Å². The zero-order valence-electron chi connectivity index (χ0n) is 20.9. The summed E-state index contributed by atoms with van der Waals surface area (Å²) in [4.78, 5) is 35.4. The maximum Gasteiger partial charge on any atom is 0.324 e. The minimum absolute atomic E-state index is 0.0614. The third-order valence-electron chi connectivity index (χ3n) is 6.17. The van der Waals surface area contributed by atoms with Gasteiger partial charge in [-0.1, -0.05) is 23.9 Å². The van der Waals surface area contributed by atoms with E-state index in [4.69, 9.17) is 14.0 Å². The molecular weight excluding hydrogens is 462 g/mol. The molecule has 3 heterocycles. The van der Waals surface area contributed by atoms with E-state index in [0.717, 1.165) is 11.1 Å². The summed E-state index contributed by atoms with van der Waals surface area (Å²) >= 11 is 0. The molecule has 2 amide bonds. The van der Waals surface area contributed by atoms with Crippen LogP contribution in [0.2, 0.25) is 0 Å². The number of allylic oxidation sites excluding steroid dienone is 2. The van der Waals surface area contributed by atoms with E-state index < -0.39 is 0 Å². The largest absolute Gasteiger partial charge is 0.493 e. The second-order valence-electron chi connectivity index (χ2n) is 8.52. The third kappa shape index (κ3) is 5.27. The maximum absolute atomic E-state index is 12.9. The second kappa shape index (κ2) is 11.1. The van der Waals surface area contributed by atoms with Gasteiger partial charge in [-0.05, 0) is 43.7 Å². The predicted molar refractivity (Wildman–Crippen MR) is 135 cm³/mol. The Morgan fingerprint density at radius 1 is 1.22 bits per heavy atom. The van der Waals surface area contributed by atoms with Crippen LogP contribution in [0, 0.1) is 0 Å². The highest BCUT2D eigenvalue weighted by Crippen LogP contribution is 2.32. The van der Waals surface area contributed by atoms with Crippen molar-refractivity contribution in [3.8, 4) is 22.9 Å². The summed E-state index contributed by atoms with van der Waals surface area (Å²) < 4.78 is 16.5. The Kier molecular flexibility index (Phi) is 7.72. The van der Waals surface area contributed by atoms with Crippen molar-refractivity contribution in [2.24, 2.45) is 0 Å². The molecule has 190 valence electrons. The smallest absolute Gasteiger partial charge is 0.324 e. The van der Waals surface area contributed by atoms with Crippen molar-refractivity contribution in [2.75, 3.05) is 57.9 Å².